The zero-order chi connectivity index (χ0) is 13.5. The summed E-state index contributed by atoms with van der Waals surface area (Å²) in [6, 6.07) is 7.67. The average molecular weight is 248 g/mol. The number of anilines is 1. The first-order chi connectivity index (χ1) is 8.49. The van der Waals surface area contributed by atoms with Gasteiger partial charge in [0.25, 0.3) is 0 Å². The van der Waals surface area contributed by atoms with Crippen molar-refractivity contribution in [3.8, 4) is 0 Å². The molecule has 0 unspecified atom stereocenters. The molecule has 1 rings (SSSR count). The van der Waals surface area contributed by atoms with E-state index < -0.39 is 0 Å². The van der Waals surface area contributed by atoms with Crippen LogP contribution in [0.2, 0.25) is 0 Å². The average Bonchev–Trinajstić information content (AvgIpc) is 2.31. The Bertz CT molecular complexity index is 371. The van der Waals surface area contributed by atoms with Gasteiger partial charge in [-0.15, -0.1) is 0 Å². The van der Waals surface area contributed by atoms with Crippen LogP contribution in [0.15, 0.2) is 24.3 Å². The molecule has 2 N–H and O–H groups in total. The molecule has 100 valence electrons. The number of hydrogen-bond donors (Lipinski definition) is 2. The second-order valence-corrected chi connectivity index (χ2v) is 5.21. The fourth-order valence-corrected chi connectivity index (χ4v) is 1.57. The summed E-state index contributed by atoms with van der Waals surface area (Å²) in [5.74, 6) is 0.674. The third kappa shape index (κ3) is 5.32. The van der Waals surface area contributed by atoms with Crippen molar-refractivity contribution in [1.29, 1.82) is 0 Å². The Labute approximate surface area is 110 Å². The highest BCUT2D eigenvalue weighted by molar-refractivity contribution is 5.94. The van der Waals surface area contributed by atoms with Crippen LogP contribution in [0, 0.1) is 12.8 Å². The molecular weight excluding hydrogens is 224 g/mol. The smallest absolute Gasteiger partial charge is 0.241 e. The van der Waals surface area contributed by atoms with Crippen molar-refractivity contribution in [2.24, 2.45) is 5.92 Å². The van der Waals surface area contributed by atoms with Crippen molar-refractivity contribution in [2.75, 3.05) is 11.9 Å². The lowest BCUT2D eigenvalue weighted by Crippen LogP contribution is -2.38. The Balaban J connectivity index is 2.37. The monoisotopic (exact) mass is 248 g/mol. The SMILES string of the molecule is Cc1ccc(NC(=O)[C@H](C)NCCC(C)C)cc1. The van der Waals surface area contributed by atoms with Crippen molar-refractivity contribution in [3.63, 3.8) is 0 Å². The topological polar surface area (TPSA) is 41.1 Å². The largest absolute Gasteiger partial charge is 0.325 e. The summed E-state index contributed by atoms with van der Waals surface area (Å²) >= 11 is 0. The summed E-state index contributed by atoms with van der Waals surface area (Å²) in [6.45, 7) is 9.16. The summed E-state index contributed by atoms with van der Waals surface area (Å²) in [7, 11) is 0. The van der Waals surface area contributed by atoms with E-state index in [9.17, 15) is 4.79 Å². The molecule has 3 nitrogen and oxygen atoms in total. The lowest BCUT2D eigenvalue weighted by molar-refractivity contribution is -0.117. The summed E-state index contributed by atoms with van der Waals surface area (Å²) in [5, 5.41) is 6.14. The maximum atomic E-state index is 11.9. The van der Waals surface area contributed by atoms with Gasteiger partial charge < -0.3 is 10.6 Å². The van der Waals surface area contributed by atoms with E-state index in [2.05, 4.69) is 24.5 Å². The predicted octanol–water partition coefficient (Wildman–Crippen LogP) is 2.96. The first kappa shape index (κ1) is 14.7. The molecule has 0 heterocycles. The molecule has 0 radical (unpaired) electrons. The molecule has 0 bridgehead atoms. The van der Waals surface area contributed by atoms with Crippen LogP contribution in [0.25, 0.3) is 0 Å². The highest BCUT2D eigenvalue weighted by atomic mass is 16.2. The Morgan fingerprint density at radius 3 is 2.33 bits per heavy atom. The second-order valence-electron chi connectivity index (χ2n) is 5.21. The number of nitrogens with one attached hydrogen (secondary N) is 2. The van der Waals surface area contributed by atoms with E-state index in [0.29, 0.717) is 5.92 Å². The molecular formula is C15H24N2O. The van der Waals surface area contributed by atoms with E-state index in [4.69, 9.17) is 0 Å². The summed E-state index contributed by atoms with van der Waals surface area (Å²) < 4.78 is 0. The van der Waals surface area contributed by atoms with Crippen LogP contribution in [0.4, 0.5) is 5.69 Å². The first-order valence-corrected chi connectivity index (χ1v) is 6.60. The Kier molecular flexibility index (Phi) is 5.86. The minimum atomic E-state index is -0.162. The van der Waals surface area contributed by atoms with Gasteiger partial charge in [-0.3, -0.25) is 4.79 Å². The zero-order valence-electron chi connectivity index (χ0n) is 11.8. The molecule has 18 heavy (non-hydrogen) atoms. The van der Waals surface area contributed by atoms with Gasteiger partial charge in [-0.2, -0.15) is 0 Å². The third-order valence-electron chi connectivity index (χ3n) is 2.88. The molecule has 0 fully saturated rings. The van der Waals surface area contributed by atoms with Crippen LogP contribution >= 0.6 is 0 Å². The van der Waals surface area contributed by atoms with E-state index in [1.165, 1.54) is 5.56 Å². The van der Waals surface area contributed by atoms with Crippen molar-refractivity contribution in [2.45, 2.75) is 40.2 Å². The Morgan fingerprint density at radius 1 is 1.17 bits per heavy atom. The van der Waals surface area contributed by atoms with Crippen LogP contribution < -0.4 is 10.6 Å². The fraction of sp³-hybridized carbons (Fsp3) is 0.533. The molecule has 0 spiro atoms. The second kappa shape index (κ2) is 7.17. The maximum absolute atomic E-state index is 11.9. The molecule has 1 amide bonds. The molecule has 0 aromatic heterocycles. The number of amides is 1. The molecule has 0 aliphatic rings. The number of rotatable bonds is 6. The maximum Gasteiger partial charge on any atom is 0.241 e. The van der Waals surface area contributed by atoms with Gasteiger partial charge in [0.15, 0.2) is 0 Å². The van der Waals surface area contributed by atoms with Crippen molar-refractivity contribution in [3.05, 3.63) is 29.8 Å². The number of hydrogen-bond acceptors (Lipinski definition) is 2. The lowest BCUT2D eigenvalue weighted by atomic mass is 10.1. The van der Waals surface area contributed by atoms with Crippen LogP contribution in [0.5, 0.6) is 0 Å². The molecule has 0 aliphatic carbocycles. The lowest BCUT2D eigenvalue weighted by Gasteiger charge is -2.15. The van der Waals surface area contributed by atoms with Gasteiger partial charge in [0.1, 0.15) is 0 Å². The van der Waals surface area contributed by atoms with Crippen molar-refractivity contribution < 1.29 is 4.79 Å². The zero-order valence-corrected chi connectivity index (χ0v) is 11.8. The molecule has 0 saturated heterocycles. The van der Waals surface area contributed by atoms with Gasteiger partial charge in [0.2, 0.25) is 5.91 Å². The van der Waals surface area contributed by atoms with Gasteiger partial charge in [0.05, 0.1) is 6.04 Å². The number of aryl methyl sites for hydroxylation is 1. The number of carbonyl (C=O) groups excluding carboxylic acids is 1. The van der Waals surface area contributed by atoms with E-state index in [1.807, 2.05) is 38.1 Å². The Morgan fingerprint density at radius 2 is 1.78 bits per heavy atom. The minimum absolute atomic E-state index is 0.0163. The van der Waals surface area contributed by atoms with E-state index in [1.54, 1.807) is 0 Å². The van der Waals surface area contributed by atoms with Crippen molar-refractivity contribution >= 4 is 11.6 Å². The quantitative estimate of drug-likeness (QED) is 0.812. The van der Waals surface area contributed by atoms with Gasteiger partial charge in [0, 0.05) is 5.69 Å². The molecule has 1 aromatic rings. The molecule has 1 aromatic carbocycles. The standard InChI is InChI=1S/C15H24N2O/c1-11(2)9-10-16-13(4)15(18)17-14-7-5-12(3)6-8-14/h5-8,11,13,16H,9-10H2,1-4H3,(H,17,18)/t13-/m0/s1. The number of benzene rings is 1. The van der Waals surface area contributed by atoms with Crippen LogP contribution in [-0.4, -0.2) is 18.5 Å². The molecule has 3 heteroatoms. The van der Waals surface area contributed by atoms with Crippen LogP contribution in [-0.2, 0) is 4.79 Å². The van der Waals surface area contributed by atoms with Gasteiger partial charge in [-0.25, -0.2) is 0 Å². The summed E-state index contributed by atoms with van der Waals surface area (Å²) in [5.41, 5.74) is 2.04. The fourth-order valence-electron chi connectivity index (χ4n) is 1.57. The minimum Gasteiger partial charge on any atom is -0.325 e. The molecule has 0 aliphatic heterocycles. The van der Waals surface area contributed by atoms with Gasteiger partial charge in [-0.1, -0.05) is 31.5 Å². The van der Waals surface area contributed by atoms with E-state index in [0.717, 1.165) is 18.7 Å². The third-order valence-corrected chi connectivity index (χ3v) is 2.88. The van der Waals surface area contributed by atoms with Gasteiger partial charge >= 0.3 is 0 Å². The summed E-state index contributed by atoms with van der Waals surface area (Å²) in [6.07, 6.45) is 1.09. The normalized spacial score (nSPS) is 12.5. The van der Waals surface area contributed by atoms with E-state index in [-0.39, 0.29) is 11.9 Å². The number of carbonyl (C=O) groups is 1. The highest BCUT2D eigenvalue weighted by Gasteiger charge is 2.11. The van der Waals surface area contributed by atoms with E-state index >= 15 is 0 Å². The molecule has 0 saturated carbocycles. The first-order valence-electron chi connectivity index (χ1n) is 6.60. The van der Waals surface area contributed by atoms with Crippen molar-refractivity contribution in [1.82, 2.24) is 5.32 Å². The molecule has 1 atom stereocenters. The van der Waals surface area contributed by atoms with Crippen LogP contribution in [0.1, 0.15) is 32.8 Å². The van der Waals surface area contributed by atoms with Crippen LogP contribution in [0.3, 0.4) is 0 Å². The summed E-state index contributed by atoms with van der Waals surface area (Å²) in [4.78, 5) is 11.9. The van der Waals surface area contributed by atoms with Gasteiger partial charge in [-0.05, 0) is 44.9 Å². The Hall–Kier alpha value is -1.35. The predicted molar refractivity (Wildman–Crippen MR) is 76.7 cm³/mol. The highest BCUT2D eigenvalue weighted by Crippen LogP contribution is 2.08.